The fourth-order valence-corrected chi connectivity index (χ4v) is 3.27. The lowest BCUT2D eigenvalue weighted by Crippen LogP contribution is -2.31. The van der Waals surface area contributed by atoms with Crippen LogP contribution in [0.2, 0.25) is 0 Å². The smallest absolute Gasteiger partial charge is 0.254 e. The lowest BCUT2D eigenvalue weighted by Gasteiger charge is -2.17. The summed E-state index contributed by atoms with van der Waals surface area (Å²) in [6, 6.07) is 19.7. The highest BCUT2D eigenvalue weighted by atomic mass is 16.5. The second kappa shape index (κ2) is 6.55. The van der Waals surface area contributed by atoms with Gasteiger partial charge in [0.05, 0.1) is 6.54 Å². The Balaban J connectivity index is 1.46. The van der Waals surface area contributed by atoms with Crippen molar-refractivity contribution in [1.82, 2.24) is 9.88 Å². The Hall–Kier alpha value is -2.88. The number of fused-ring (bicyclic) bond motifs is 1. The van der Waals surface area contributed by atoms with Gasteiger partial charge in [-0.15, -0.1) is 0 Å². The Morgan fingerprint density at radius 3 is 2.76 bits per heavy atom. The summed E-state index contributed by atoms with van der Waals surface area (Å²) in [7, 11) is 0. The van der Waals surface area contributed by atoms with Crippen LogP contribution in [0, 0.1) is 6.92 Å². The molecular weight excluding hydrogens is 312 g/mol. The van der Waals surface area contributed by atoms with E-state index in [0.717, 1.165) is 28.5 Å². The number of hydrogen-bond donors (Lipinski definition) is 0. The summed E-state index contributed by atoms with van der Waals surface area (Å²) in [6.07, 6.45) is 0.827. The molecule has 25 heavy (non-hydrogen) atoms. The van der Waals surface area contributed by atoms with Gasteiger partial charge in [-0.25, -0.2) is 4.98 Å². The second-order valence-corrected chi connectivity index (χ2v) is 6.46. The van der Waals surface area contributed by atoms with Gasteiger partial charge in [-0.3, -0.25) is 4.79 Å². The maximum Gasteiger partial charge on any atom is 0.254 e. The van der Waals surface area contributed by atoms with Gasteiger partial charge >= 0.3 is 0 Å². The lowest BCUT2D eigenvalue weighted by molar-refractivity contribution is 0.0771. The Kier molecular flexibility index (Phi) is 4.10. The fraction of sp³-hybridized carbons (Fsp3) is 0.238. The molecule has 1 unspecified atom stereocenters. The zero-order chi connectivity index (χ0) is 17.2. The number of pyridine rings is 1. The van der Waals surface area contributed by atoms with Gasteiger partial charge in [-0.05, 0) is 35.9 Å². The number of hydrogen-bond acceptors (Lipinski definition) is 3. The monoisotopic (exact) mass is 332 g/mol. The molecular formula is C21H20N2O2. The SMILES string of the molecule is Cc1cccc(OC2CCN(C(=O)c3ccc4ccccc4c3)C2)n1. The summed E-state index contributed by atoms with van der Waals surface area (Å²) in [4.78, 5) is 19.0. The first-order valence-electron chi connectivity index (χ1n) is 8.57. The highest BCUT2D eigenvalue weighted by molar-refractivity contribution is 5.98. The molecule has 3 aromatic rings. The Bertz CT molecular complexity index is 922. The van der Waals surface area contributed by atoms with Crippen LogP contribution in [-0.2, 0) is 0 Å². The number of likely N-dealkylation sites (tertiary alicyclic amines) is 1. The number of amides is 1. The number of carbonyl (C=O) groups excluding carboxylic acids is 1. The van der Waals surface area contributed by atoms with Crippen LogP contribution in [0.25, 0.3) is 10.8 Å². The van der Waals surface area contributed by atoms with Gasteiger partial charge in [0.25, 0.3) is 5.91 Å². The van der Waals surface area contributed by atoms with Crippen LogP contribution in [0.1, 0.15) is 22.5 Å². The van der Waals surface area contributed by atoms with Crippen molar-refractivity contribution in [2.24, 2.45) is 0 Å². The second-order valence-electron chi connectivity index (χ2n) is 6.46. The third-order valence-corrected chi connectivity index (χ3v) is 4.58. The van der Waals surface area contributed by atoms with E-state index in [1.54, 1.807) is 0 Å². The molecule has 2 aromatic carbocycles. The Morgan fingerprint density at radius 2 is 1.92 bits per heavy atom. The van der Waals surface area contributed by atoms with Crippen molar-refractivity contribution in [3.8, 4) is 5.88 Å². The first kappa shape index (κ1) is 15.6. The molecule has 0 radical (unpaired) electrons. The molecule has 2 heterocycles. The van der Waals surface area contributed by atoms with Crippen molar-refractivity contribution in [2.75, 3.05) is 13.1 Å². The van der Waals surface area contributed by atoms with Crippen LogP contribution in [0.15, 0.2) is 60.7 Å². The predicted octanol–water partition coefficient (Wildman–Crippen LogP) is 3.84. The van der Waals surface area contributed by atoms with Crippen molar-refractivity contribution in [3.05, 3.63) is 71.9 Å². The van der Waals surface area contributed by atoms with E-state index in [9.17, 15) is 4.79 Å². The molecule has 0 bridgehead atoms. The van der Waals surface area contributed by atoms with E-state index in [0.29, 0.717) is 19.0 Å². The molecule has 1 saturated heterocycles. The van der Waals surface area contributed by atoms with Crippen molar-refractivity contribution >= 4 is 16.7 Å². The predicted molar refractivity (Wildman–Crippen MR) is 97.9 cm³/mol. The first-order chi connectivity index (χ1) is 12.2. The molecule has 1 aliphatic rings. The van der Waals surface area contributed by atoms with Crippen LogP contribution >= 0.6 is 0 Å². The highest BCUT2D eigenvalue weighted by Gasteiger charge is 2.28. The summed E-state index contributed by atoms with van der Waals surface area (Å²) in [5.74, 6) is 0.694. The third-order valence-electron chi connectivity index (χ3n) is 4.58. The molecule has 4 heteroatoms. The molecule has 0 aliphatic carbocycles. The molecule has 1 atom stereocenters. The minimum absolute atomic E-state index is 0.00120. The summed E-state index contributed by atoms with van der Waals surface area (Å²) >= 11 is 0. The van der Waals surface area contributed by atoms with E-state index in [4.69, 9.17) is 4.74 Å². The molecule has 1 aromatic heterocycles. The van der Waals surface area contributed by atoms with E-state index >= 15 is 0 Å². The summed E-state index contributed by atoms with van der Waals surface area (Å²) in [5.41, 5.74) is 1.66. The summed E-state index contributed by atoms with van der Waals surface area (Å²) < 4.78 is 5.94. The molecule has 0 saturated carbocycles. The number of rotatable bonds is 3. The van der Waals surface area contributed by atoms with E-state index < -0.39 is 0 Å². The Morgan fingerprint density at radius 1 is 1.08 bits per heavy atom. The zero-order valence-corrected chi connectivity index (χ0v) is 14.2. The average molecular weight is 332 g/mol. The van der Waals surface area contributed by atoms with Gasteiger partial charge in [-0.2, -0.15) is 0 Å². The number of aryl methyl sites for hydroxylation is 1. The Labute approximate surface area is 147 Å². The van der Waals surface area contributed by atoms with Gasteiger partial charge in [0.15, 0.2) is 0 Å². The van der Waals surface area contributed by atoms with E-state index in [1.807, 2.05) is 66.4 Å². The molecule has 1 amide bonds. The van der Waals surface area contributed by atoms with Crippen LogP contribution in [0.5, 0.6) is 5.88 Å². The molecule has 1 fully saturated rings. The van der Waals surface area contributed by atoms with Gasteiger partial charge < -0.3 is 9.64 Å². The van der Waals surface area contributed by atoms with Crippen LogP contribution in [-0.4, -0.2) is 35.0 Å². The van der Waals surface area contributed by atoms with Crippen molar-refractivity contribution in [2.45, 2.75) is 19.4 Å². The van der Waals surface area contributed by atoms with Gasteiger partial charge in [-0.1, -0.05) is 36.4 Å². The largest absolute Gasteiger partial charge is 0.472 e. The maximum atomic E-state index is 12.8. The van der Waals surface area contributed by atoms with E-state index in [2.05, 4.69) is 11.1 Å². The minimum atomic E-state index is -0.00120. The molecule has 1 aliphatic heterocycles. The zero-order valence-electron chi connectivity index (χ0n) is 14.2. The lowest BCUT2D eigenvalue weighted by atomic mass is 10.1. The topological polar surface area (TPSA) is 42.4 Å². The molecule has 0 N–H and O–H groups in total. The van der Waals surface area contributed by atoms with Gasteiger partial charge in [0, 0.05) is 30.3 Å². The maximum absolute atomic E-state index is 12.8. The fourth-order valence-electron chi connectivity index (χ4n) is 3.27. The standard InChI is InChI=1S/C21H20N2O2/c1-15-5-4-8-20(22-15)25-19-11-12-23(14-19)21(24)18-10-9-16-6-2-3-7-17(16)13-18/h2-10,13,19H,11-12,14H2,1H3. The van der Waals surface area contributed by atoms with Gasteiger partial charge in [0.1, 0.15) is 6.10 Å². The number of aromatic nitrogens is 1. The molecule has 4 nitrogen and oxygen atoms in total. The third kappa shape index (κ3) is 3.33. The number of ether oxygens (including phenoxy) is 1. The number of nitrogens with zero attached hydrogens (tertiary/aromatic N) is 2. The molecule has 0 spiro atoms. The normalized spacial score (nSPS) is 17.0. The van der Waals surface area contributed by atoms with Crippen LogP contribution in [0.3, 0.4) is 0 Å². The van der Waals surface area contributed by atoms with E-state index in [1.165, 1.54) is 0 Å². The summed E-state index contributed by atoms with van der Waals surface area (Å²) in [6.45, 7) is 3.25. The number of benzene rings is 2. The minimum Gasteiger partial charge on any atom is -0.472 e. The van der Waals surface area contributed by atoms with Crippen LogP contribution < -0.4 is 4.74 Å². The number of carbonyl (C=O) groups is 1. The average Bonchev–Trinajstić information content (AvgIpc) is 3.09. The molecule has 126 valence electrons. The van der Waals surface area contributed by atoms with E-state index in [-0.39, 0.29) is 12.0 Å². The van der Waals surface area contributed by atoms with Crippen LogP contribution in [0.4, 0.5) is 0 Å². The highest BCUT2D eigenvalue weighted by Crippen LogP contribution is 2.21. The molecule has 4 rings (SSSR count). The van der Waals surface area contributed by atoms with Crippen molar-refractivity contribution in [1.29, 1.82) is 0 Å². The van der Waals surface area contributed by atoms with Gasteiger partial charge in [0.2, 0.25) is 5.88 Å². The summed E-state index contributed by atoms with van der Waals surface area (Å²) in [5, 5.41) is 2.23. The van der Waals surface area contributed by atoms with Crippen molar-refractivity contribution < 1.29 is 9.53 Å². The first-order valence-corrected chi connectivity index (χ1v) is 8.57. The quantitative estimate of drug-likeness (QED) is 0.732. The van der Waals surface area contributed by atoms with Crippen molar-refractivity contribution in [3.63, 3.8) is 0 Å².